The van der Waals surface area contributed by atoms with Gasteiger partial charge in [0.1, 0.15) is 5.60 Å². The van der Waals surface area contributed by atoms with Crippen LogP contribution in [0.2, 0.25) is 0 Å². The van der Waals surface area contributed by atoms with Crippen molar-refractivity contribution in [1.29, 1.82) is 0 Å². The van der Waals surface area contributed by atoms with Gasteiger partial charge in [-0.3, -0.25) is 4.79 Å². The Kier molecular flexibility index (Phi) is 1.46. The number of epoxide rings is 1. The summed E-state index contributed by atoms with van der Waals surface area (Å²) >= 11 is 0. The molecule has 1 saturated carbocycles. The SMILES string of the molecule is C=C(C)[C@@H]1CC(=O)C2(C)OC2C1. The molecular formula is C10H14O2. The van der Waals surface area contributed by atoms with Gasteiger partial charge in [0.05, 0.1) is 6.10 Å². The zero-order chi connectivity index (χ0) is 8.93. The third-order valence-electron chi connectivity index (χ3n) is 3.13. The minimum atomic E-state index is -0.411. The van der Waals surface area contributed by atoms with Gasteiger partial charge in [-0.15, -0.1) is 0 Å². The first-order valence-electron chi connectivity index (χ1n) is 4.40. The summed E-state index contributed by atoms with van der Waals surface area (Å²) in [4.78, 5) is 11.5. The Labute approximate surface area is 72.6 Å². The summed E-state index contributed by atoms with van der Waals surface area (Å²) in [5.74, 6) is 0.616. The first-order chi connectivity index (χ1) is 5.54. The molecule has 1 aliphatic carbocycles. The maximum atomic E-state index is 11.5. The van der Waals surface area contributed by atoms with E-state index in [-0.39, 0.29) is 11.9 Å². The van der Waals surface area contributed by atoms with Gasteiger partial charge in [0.2, 0.25) is 0 Å². The number of carbonyl (C=O) groups excluding carboxylic acids is 1. The fourth-order valence-corrected chi connectivity index (χ4v) is 1.92. The molecule has 66 valence electrons. The lowest BCUT2D eigenvalue weighted by atomic mass is 9.79. The molecule has 0 bridgehead atoms. The summed E-state index contributed by atoms with van der Waals surface area (Å²) in [5.41, 5.74) is 0.701. The molecular weight excluding hydrogens is 152 g/mol. The molecule has 1 saturated heterocycles. The largest absolute Gasteiger partial charge is 0.358 e. The van der Waals surface area contributed by atoms with Crippen LogP contribution in [0.15, 0.2) is 12.2 Å². The second-order valence-corrected chi connectivity index (χ2v) is 4.12. The van der Waals surface area contributed by atoms with Gasteiger partial charge in [-0.05, 0) is 26.2 Å². The number of ether oxygens (including phenoxy) is 1. The highest BCUT2D eigenvalue weighted by Crippen LogP contribution is 2.48. The Morgan fingerprint density at radius 1 is 1.75 bits per heavy atom. The van der Waals surface area contributed by atoms with Gasteiger partial charge in [-0.25, -0.2) is 0 Å². The molecule has 0 aromatic heterocycles. The van der Waals surface area contributed by atoms with Crippen LogP contribution in [0.5, 0.6) is 0 Å². The third kappa shape index (κ3) is 0.944. The number of ketones is 1. The predicted molar refractivity (Wildman–Crippen MR) is 45.8 cm³/mol. The molecule has 2 fully saturated rings. The Hall–Kier alpha value is -0.630. The number of hydrogen-bond donors (Lipinski definition) is 0. The van der Waals surface area contributed by atoms with Crippen LogP contribution < -0.4 is 0 Å². The van der Waals surface area contributed by atoms with E-state index in [2.05, 4.69) is 6.58 Å². The Bertz CT molecular complexity index is 257. The van der Waals surface area contributed by atoms with E-state index in [1.165, 1.54) is 0 Å². The van der Waals surface area contributed by atoms with E-state index in [0.717, 1.165) is 12.0 Å². The molecule has 0 amide bonds. The average Bonchev–Trinajstić information content (AvgIpc) is 2.62. The van der Waals surface area contributed by atoms with Crippen LogP contribution in [0.1, 0.15) is 26.7 Å². The van der Waals surface area contributed by atoms with Crippen molar-refractivity contribution in [3.8, 4) is 0 Å². The minimum Gasteiger partial charge on any atom is -0.358 e. The molecule has 2 aliphatic rings. The molecule has 3 atom stereocenters. The lowest BCUT2D eigenvalue weighted by Gasteiger charge is -2.21. The Balaban J connectivity index is 2.12. The van der Waals surface area contributed by atoms with Gasteiger partial charge in [0.15, 0.2) is 5.78 Å². The van der Waals surface area contributed by atoms with Gasteiger partial charge >= 0.3 is 0 Å². The molecule has 2 unspecified atom stereocenters. The molecule has 2 nitrogen and oxygen atoms in total. The Morgan fingerprint density at radius 2 is 2.42 bits per heavy atom. The fraction of sp³-hybridized carbons (Fsp3) is 0.700. The Morgan fingerprint density at radius 3 is 2.92 bits per heavy atom. The number of allylic oxidation sites excluding steroid dienone is 1. The maximum absolute atomic E-state index is 11.5. The third-order valence-corrected chi connectivity index (χ3v) is 3.13. The summed E-state index contributed by atoms with van der Waals surface area (Å²) in [6, 6.07) is 0. The predicted octanol–water partition coefficient (Wildman–Crippen LogP) is 1.70. The van der Waals surface area contributed by atoms with Gasteiger partial charge in [-0.1, -0.05) is 12.2 Å². The molecule has 0 aromatic rings. The van der Waals surface area contributed by atoms with E-state index in [4.69, 9.17) is 4.74 Å². The van der Waals surface area contributed by atoms with E-state index >= 15 is 0 Å². The smallest absolute Gasteiger partial charge is 0.167 e. The van der Waals surface area contributed by atoms with Gasteiger partial charge in [0.25, 0.3) is 0 Å². The normalized spacial score (nSPS) is 45.3. The lowest BCUT2D eigenvalue weighted by molar-refractivity contribution is -0.124. The highest BCUT2D eigenvalue weighted by molar-refractivity contribution is 5.91. The van der Waals surface area contributed by atoms with Crippen molar-refractivity contribution in [3.05, 3.63) is 12.2 Å². The van der Waals surface area contributed by atoms with Crippen LogP contribution in [0.25, 0.3) is 0 Å². The van der Waals surface area contributed by atoms with Crippen LogP contribution in [-0.4, -0.2) is 17.5 Å². The highest BCUT2D eigenvalue weighted by atomic mass is 16.6. The van der Waals surface area contributed by atoms with Gasteiger partial charge in [0, 0.05) is 6.42 Å². The van der Waals surface area contributed by atoms with Crippen molar-refractivity contribution in [1.82, 2.24) is 0 Å². The number of Topliss-reactive ketones (excluding diaryl/α,β-unsaturated/α-hetero) is 1. The number of fused-ring (bicyclic) bond motifs is 1. The van der Waals surface area contributed by atoms with Crippen LogP contribution in [0, 0.1) is 5.92 Å². The van der Waals surface area contributed by atoms with E-state index in [1.807, 2.05) is 13.8 Å². The molecule has 2 rings (SSSR count). The van der Waals surface area contributed by atoms with Gasteiger partial charge in [-0.2, -0.15) is 0 Å². The summed E-state index contributed by atoms with van der Waals surface area (Å²) in [6.07, 6.45) is 1.79. The van der Waals surface area contributed by atoms with E-state index in [0.29, 0.717) is 12.3 Å². The second kappa shape index (κ2) is 2.19. The molecule has 1 heterocycles. The van der Waals surface area contributed by atoms with E-state index in [1.54, 1.807) is 0 Å². The number of rotatable bonds is 1. The molecule has 0 spiro atoms. The molecule has 0 radical (unpaired) electrons. The monoisotopic (exact) mass is 166 g/mol. The topological polar surface area (TPSA) is 29.6 Å². The fourth-order valence-electron chi connectivity index (χ4n) is 1.92. The number of hydrogen-bond acceptors (Lipinski definition) is 2. The first kappa shape index (κ1) is 7.99. The molecule has 2 heteroatoms. The summed E-state index contributed by atoms with van der Waals surface area (Å²) in [5, 5.41) is 0. The summed E-state index contributed by atoms with van der Waals surface area (Å²) < 4.78 is 5.37. The first-order valence-corrected chi connectivity index (χ1v) is 4.40. The molecule has 1 aliphatic heterocycles. The van der Waals surface area contributed by atoms with Crippen molar-refractivity contribution in [3.63, 3.8) is 0 Å². The minimum absolute atomic E-state index is 0.181. The highest BCUT2D eigenvalue weighted by Gasteiger charge is 2.61. The molecule has 0 N–H and O–H groups in total. The van der Waals surface area contributed by atoms with E-state index < -0.39 is 5.60 Å². The lowest BCUT2D eigenvalue weighted by Crippen LogP contribution is -2.32. The van der Waals surface area contributed by atoms with Crippen molar-refractivity contribution in [2.24, 2.45) is 5.92 Å². The van der Waals surface area contributed by atoms with Crippen LogP contribution in [0.4, 0.5) is 0 Å². The summed E-state index contributed by atoms with van der Waals surface area (Å²) in [6.45, 7) is 7.77. The van der Waals surface area contributed by atoms with Crippen molar-refractivity contribution in [2.75, 3.05) is 0 Å². The van der Waals surface area contributed by atoms with Crippen molar-refractivity contribution < 1.29 is 9.53 Å². The quantitative estimate of drug-likeness (QED) is 0.438. The van der Waals surface area contributed by atoms with Crippen molar-refractivity contribution >= 4 is 5.78 Å². The number of carbonyl (C=O) groups is 1. The zero-order valence-electron chi connectivity index (χ0n) is 7.59. The van der Waals surface area contributed by atoms with Crippen molar-refractivity contribution in [2.45, 2.75) is 38.4 Å². The van der Waals surface area contributed by atoms with Crippen LogP contribution in [0.3, 0.4) is 0 Å². The standard InChI is InChI=1S/C10H14O2/c1-6(2)7-4-8(11)10(3)9(5-7)12-10/h7,9H,1,4-5H2,2-3H3/t7-,9?,10?/m1/s1. The second-order valence-electron chi connectivity index (χ2n) is 4.12. The van der Waals surface area contributed by atoms with Crippen LogP contribution >= 0.6 is 0 Å². The van der Waals surface area contributed by atoms with Crippen LogP contribution in [-0.2, 0) is 9.53 Å². The van der Waals surface area contributed by atoms with E-state index in [9.17, 15) is 4.79 Å². The molecule has 0 aromatic carbocycles. The summed E-state index contributed by atoms with van der Waals surface area (Å²) in [7, 11) is 0. The maximum Gasteiger partial charge on any atom is 0.167 e. The average molecular weight is 166 g/mol. The zero-order valence-corrected chi connectivity index (χ0v) is 7.59. The molecule has 12 heavy (non-hydrogen) atoms. The van der Waals surface area contributed by atoms with Gasteiger partial charge < -0.3 is 4.74 Å².